The maximum Gasteiger partial charge on any atom is 0.308 e. The summed E-state index contributed by atoms with van der Waals surface area (Å²) in [6, 6.07) is 0. The summed E-state index contributed by atoms with van der Waals surface area (Å²) >= 11 is 0. The fourth-order valence-corrected chi connectivity index (χ4v) is 2.44. The highest BCUT2D eigenvalue weighted by Crippen LogP contribution is 2.20. The molecular weight excluding hydrogens is 232 g/mol. The quantitative estimate of drug-likeness (QED) is 0.517. The lowest BCUT2D eigenvalue weighted by molar-refractivity contribution is -0.160. The molecule has 0 aromatic carbocycles. The van der Waals surface area contributed by atoms with E-state index in [0.29, 0.717) is 6.42 Å². The van der Waals surface area contributed by atoms with Gasteiger partial charge in [0.15, 0.2) is 0 Å². The van der Waals surface area contributed by atoms with Gasteiger partial charge < -0.3 is 14.9 Å². The number of carbonyl (C=O) groups excluding carboxylic acids is 1. The monoisotopic (exact) mass is 258 g/mol. The molecule has 4 heteroatoms. The van der Waals surface area contributed by atoms with Crippen LogP contribution in [0, 0.1) is 0 Å². The van der Waals surface area contributed by atoms with Crippen LogP contribution in [0.1, 0.15) is 64.7 Å². The Balaban J connectivity index is 2.02. The first-order chi connectivity index (χ1) is 8.61. The van der Waals surface area contributed by atoms with Crippen LogP contribution in [0.4, 0.5) is 0 Å². The van der Waals surface area contributed by atoms with E-state index in [4.69, 9.17) is 4.74 Å². The summed E-state index contributed by atoms with van der Waals surface area (Å²) in [5.41, 5.74) is 0. The number of ether oxygens (including phenoxy) is 1. The van der Waals surface area contributed by atoms with Crippen molar-refractivity contribution in [1.82, 2.24) is 0 Å². The number of hydrogen-bond acceptors (Lipinski definition) is 4. The number of esters is 1. The summed E-state index contributed by atoms with van der Waals surface area (Å²) in [4.78, 5) is 11.1. The fraction of sp³-hybridized carbons (Fsp3) is 0.929. The van der Waals surface area contributed by atoms with Crippen molar-refractivity contribution >= 4 is 5.97 Å². The van der Waals surface area contributed by atoms with Gasteiger partial charge in [0, 0.05) is 6.42 Å². The van der Waals surface area contributed by atoms with E-state index in [1.54, 1.807) is 0 Å². The molecule has 1 rings (SSSR count). The molecular formula is C14H26O4. The normalized spacial score (nSPS) is 25.8. The number of carbonyl (C=O) groups is 1. The van der Waals surface area contributed by atoms with Gasteiger partial charge in [-0.25, -0.2) is 0 Å². The molecule has 0 saturated carbocycles. The van der Waals surface area contributed by atoms with E-state index in [0.717, 1.165) is 44.9 Å². The molecule has 2 N–H and O–H groups in total. The molecule has 0 unspecified atom stereocenters. The van der Waals surface area contributed by atoms with Crippen molar-refractivity contribution in [3.8, 4) is 0 Å². The molecule has 0 aliphatic carbocycles. The Morgan fingerprint density at radius 2 is 2.11 bits per heavy atom. The van der Waals surface area contributed by atoms with Crippen LogP contribution in [0.3, 0.4) is 0 Å². The zero-order chi connectivity index (χ0) is 13.4. The average molecular weight is 258 g/mol. The Kier molecular flexibility index (Phi) is 7.28. The van der Waals surface area contributed by atoms with Crippen LogP contribution >= 0.6 is 0 Å². The zero-order valence-corrected chi connectivity index (χ0v) is 11.3. The summed E-state index contributed by atoms with van der Waals surface area (Å²) in [7, 11) is 0. The topological polar surface area (TPSA) is 66.8 Å². The van der Waals surface area contributed by atoms with Crippen molar-refractivity contribution in [2.75, 3.05) is 0 Å². The lowest BCUT2D eigenvalue weighted by atomic mass is 9.99. The van der Waals surface area contributed by atoms with Crippen LogP contribution in [0.2, 0.25) is 0 Å². The predicted octanol–water partition coefficient (Wildman–Crippen LogP) is 2.16. The zero-order valence-electron chi connectivity index (χ0n) is 11.3. The first-order valence-electron chi connectivity index (χ1n) is 7.17. The van der Waals surface area contributed by atoms with Gasteiger partial charge in [-0.3, -0.25) is 4.79 Å². The molecule has 0 radical (unpaired) electrons. The third-order valence-corrected chi connectivity index (χ3v) is 3.42. The Morgan fingerprint density at radius 1 is 1.33 bits per heavy atom. The van der Waals surface area contributed by atoms with Crippen molar-refractivity contribution in [2.45, 2.75) is 83.0 Å². The van der Waals surface area contributed by atoms with Crippen molar-refractivity contribution in [3.63, 3.8) is 0 Å². The van der Waals surface area contributed by atoms with Crippen molar-refractivity contribution < 1.29 is 19.7 Å². The number of cyclic esters (lactones) is 1. The van der Waals surface area contributed by atoms with Crippen LogP contribution in [-0.4, -0.2) is 34.5 Å². The number of rotatable bonds is 8. The van der Waals surface area contributed by atoms with Crippen LogP contribution in [0.5, 0.6) is 0 Å². The molecule has 106 valence electrons. The van der Waals surface area contributed by atoms with Crippen molar-refractivity contribution in [3.05, 3.63) is 0 Å². The van der Waals surface area contributed by atoms with Crippen LogP contribution < -0.4 is 0 Å². The molecule has 1 saturated heterocycles. The van der Waals surface area contributed by atoms with Crippen LogP contribution in [-0.2, 0) is 9.53 Å². The minimum atomic E-state index is -0.525. The van der Waals surface area contributed by atoms with Gasteiger partial charge in [0.1, 0.15) is 6.10 Å². The Labute approximate surface area is 109 Å². The van der Waals surface area contributed by atoms with Crippen molar-refractivity contribution in [2.24, 2.45) is 0 Å². The minimum absolute atomic E-state index is 0.109. The maximum atomic E-state index is 11.1. The van der Waals surface area contributed by atoms with E-state index in [9.17, 15) is 15.0 Å². The highest BCUT2D eigenvalue weighted by Gasteiger charge is 2.26. The highest BCUT2D eigenvalue weighted by atomic mass is 16.5. The highest BCUT2D eigenvalue weighted by molar-refractivity contribution is 5.70. The van der Waals surface area contributed by atoms with Gasteiger partial charge in [0.25, 0.3) is 0 Å². The molecule has 0 bridgehead atoms. The standard InChI is InChI=1S/C14H26O4/c1-2-6-11(15)7-4-3-5-8-13-9-12(16)10-14(17)18-13/h11-13,15-16H,2-10H2,1H3/t11-,12-,13-/m1/s1. The number of aliphatic hydroxyl groups excluding tert-OH is 2. The molecule has 1 aliphatic rings. The second-order valence-electron chi connectivity index (χ2n) is 5.29. The van der Waals surface area contributed by atoms with Gasteiger partial charge in [0.05, 0.1) is 18.6 Å². The van der Waals surface area contributed by atoms with E-state index in [-0.39, 0.29) is 24.6 Å². The molecule has 4 nitrogen and oxygen atoms in total. The van der Waals surface area contributed by atoms with E-state index in [2.05, 4.69) is 6.92 Å². The molecule has 0 spiro atoms. The number of hydrogen-bond donors (Lipinski definition) is 2. The Hall–Kier alpha value is -0.610. The molecule has 3 atom stereocenters. The summed E-state index contributed by atoms with van der Waals surface area (Å²) in [5, 5.41) is 19.0. The van der Waals surface area contributed by atoms with E-state index < -0.39 is 6.10 Å². The van der Waals surface area contributed by atoms with Gasteiger partial charge in [-0.2, -0.15) is 0 Å². The third-order valence-electron chi connectivity index (χ3n) is 3.42. The second-order valence-corrected chi connectivity index (χ2v) is 5.29. The third kappa shape index (κ3) is 6.36. The molecule has 0 aromatic rings. The summed E-state index contributed by atoms with van der Waals surface area (Å²) in [5.74, 6) is -0.280. The Morgan fingerprint density at radius 3 is 2.78 bits per heavy atom. The molecule has 1 heterocycles. The average Bonchev–Trinajstić information content (AvgIpc) is 2.27. The number of aliphatic hydroxyl groups is 2. The summed E-state index contributed by atoms with van der Waals surface area (Å²) in [6.45, 7) is 2.08. The van der Waals surface area contributed by atoms with Crippen molar-refractivity contribution in [1.29, 1.82) is 0 Å². The summed E-state index contributed by atoms with van der Waals surface area (Å²) < 4.78 is 5.17. The largest absolute Gasteiger partial charge is 0.462 e. The van der Waals surface area contributed by atoms with Crippen LogP contribution in [0.25, 0.3) is 0 Å². The molecule has 0 amide bonds. The maximum absolute atomic E-state index is 11.1. The minimum Gasteiger partial charge on any atom is -0.462 e. The van der Waals surface area contributed by atoms with E-state index >= 15 is 0 Å². The SMILES string of the molecule is CCC[C@@H](O)CCCCC[C@@H]1C[C@@H](O)CC(=O)O1. The Bertz CT molecular complexity index is 242. The lowest BCUT2D eigenvalue weighted by Crippen LogP contribution is -2.32. The number of unbranched alkanes of at least 4 members (excludes halogenated alkanes) is 2. The molecule has 18 heavy (non-hydrogen) atoms. The van der Waals surface area contributed by atoms with Gasteiger partial charge in [0.2, 0.25) is 0 Å². The van der Waals surface area contributed by atoms with Gasteiger partial charge >= 0.3 is 5.97 Å². The predicted molar refractivity (Wildman–Crippen MR) is 69.1 cm³/mol. The van der Waals surface area contributed by atoms with Gasteiger partial charge in [-0.15, -0.1) is 0 Å². The van der Waals surface area contributed by atoms with Gasteiger partial charge in [-0.05, 0) is 25.7 Å². The first kappa shape index (κ1) is 15.4. The van der Waals surface area contributed by atoms with Crippen LogP contribution in [0.15, 0.2) is 0 Å². The second kappa shape index (κ2) is 8.48. The smallest absolute Gasteiger partial charge is 0.308 e. The molecule has 1 aliphatic heterocycles. The first-order valence-corrected chi connectivity index (χ1v) is 7.17. The van der Waals surface area contributed by atoms with Gasteiger partial charge in [-0.1, -0.05) is 26.2 Å². The fourth-order valence-electron chi connectivity index (χ4n) is 2.44. The lowest BCUT2D eigenvalue weighted by Gasteiger charge is -2.25. The van der Waals surface area contributed by atoms with E-state index in [1.165, 1.54) is 0 Å². The molecule has 0 aromatic heterocycles. The molecule has 1 fully saturated rings. The summed E-state index contributed by atoms with van der Waals surface area (Å²) in [6.07, 6.45) is 6.56. The van der Waals surface area contributed by atoms with E-state index in [1.807, 2.05) is 0 Å².